The fourth-order valence-electron chi connectivity index (χ4n) is 11.2. The summed E-state index contributed by atoms with van der Waals surface area (Å²) in [5.74, 6) is -2.54. The quantitative estimate of drug-likeness (QED) is 0.0218. The molecule has 1 amide bonds. The summed E-state index contributed by atoms with van der Waals surface area (Å²) in [6.07, 6.45) is 12.6. The number of rotatable bonds is 12. The lowest BCUT2D eigenvalue weighted by Crippen LogP contribution is -2.37. The number of Topliss-reactive ketones (excluding diaryl/α,β-unsaturated/α-hetero) is 1. The largest absolute Gasteiger partial charge is 0.459 e. The Morgan fingerprint density at radius 2 is 1.00 bits per heavy atom. The number of pyridine rings is 4. The van der Waals surface area contributed by atoms with Gasteiger partial charge in [-0.2, -0.15) is 5.26 Å². The summed E-state index contributed by atoms with van der Waals surface area (Å²) in [5, 5.41) is 19.1. The first kappa shape index (κ1) is 91.8. The first-order valence-electron chi connectivity index (χ1n) is 33.1. The topological polar surface area (TPSA) is 310 Å². The Balaban J connectivity index is 0.000000246. The van der Waals surface area contributed by atoms with E-state index in [1.807, 2.05) is 78.2 Å². The molecule has 109 heavy (non-hydrogen) atoms. The molecule has 21 nitrogen and oxygen atoms in total. The average Bonchev–Trinajstić information content (AvgIpc) is 1.59. The Morgan fingerprint density at radius 3 is 1.44 bits per heavy atom. The lowest BCUT2D eigenvalue weighted by atomic mass is 9.82. The Bertz CT molecular complexity index is 5110. The molecule has 8 aromatic heterocycles. The molecular formula is C78H86BrCl9N12O9. The summed E-state index contributed by atoms with van der Waals surface area (Å²) < 4.78 is 15.5. The molecule has 2 aliphatic heterocycles. The van der Waals surface area contributed by atoms with Gasteiger partial charge in [-0.3, -0.25) is 14.4 Å². The number of hydrogen-bond donors (Lipinski definition) is 6. The molecule has 31 heteroatoms. The molecule has 0 saturated carbocycles. The van der Waals surface area contributed by atoms with E-state index in [9.17, 15) is 28.8 Å². The highest BCUT2D eigenvalue weighted by Gasteiger charge is 2.39. The lowest BCUT2D eigenvalue weighted by Gasteiger charge is -2.29. The number of halogens is 10. The molecule has 12 rings (SSSR count). The summed E-state index contributed by atoms with van der Waals surface area (Å²) in [7, 11) is 0. The fourth-order valence-corrected chi connectivity index (χ4v) is 12.8. The third-order valence-electron chi connectivity index (χ3n) is 16.3. The Labute approximate surface area is 687 Å². The number of ketones is 1. The van der Waals surface area contributed by atoms with Crippen LogP contribution in [0.5, 0.6) is 0 Å². The van der Waals surface area contributed by atoms with Crippen LogP contribution < -0.4 is 11.1 Å². The van der Waals surface area contributed by atoms with Gasteiger partial charge in [-0.15, -0.1) is 0 Å². The first-order valence-corrected chi connectivity index (χ1v) is 37.6. The number of nitrogens with zero attached hydrogens (tertiary/aromatic N) is 6. The van der Waals surface area contributed by atoms with Gasteiger partial charge in [0.15, 0.2) is 0 Å². The maximum atomic E-state index is 13.5. The molecule has 2 aromatic carbocycles. The summed E-state index contributed by atoms with van der Waals surface area (Å²) >= 11 is 55.6. The van der Waals surface area contributed by atoms with Crippen LogP contribution in [0.2, 0.25) is 40.2 Å². The van der Waals surface area contributed by atoms with Gasteiger partial charge in [0.05, 0.1) is 97.8 Å². The van der Waals surface area contributed by atoms with Crippen molar-refractivity contribution in [2.24, 2.45) is 5.73 Å². The molecule has 10 aromatic rings. The van der Waals surface area contributed by atoms with Gasteiger partial charge >= 0.3 is 17.9 Å². The van der Waals surface area contributed by atoms with Gasteiger partial charge in [0.25, 0.3) is 16.9 Å². The lowest BCUT2D eigenvalue weighted by molar-refractivity contribution is -0.155. The highest BCUT2D eigenvalue weighted by Crippen LogP contribution is 2.43. The number of hydrogen-bond acceptors (Lipinski definition) is 16. The number of amides is 1. The maximum Gasteiger partial charge on any atom is 0.375 e. The molecule has 0 saturated heterocycles. The number of H-pyrrole nitrogens is 4. The van der Waals surface area contributed by atoms with Crippen LogP contribution >= 0.6 is 120 Å². The zero-order valence-electron chi connectivity index (χ0n) is 60.7. The molecule has 0 spiro atoms. The summed E-state index contributed by atoms with van der Waals surface area (Å²) in [6, 6.07) is 18.9. The number of nitrogens with two attached hydrogens (primary N) is 1. The van der Waals surface area contributed by atoms with Crippen LogP contribution in [0.15, 0.2) is 110 Å². The second kappa shape index (κ2) is 38.9. The van der Waals surface area contributed by atoms with Gasteiger partial charge in [0.2, 0.25) is 0 Å². The number of alkyl halides is 1. The van der Waals surface area contributed by atoms with Crippen molar-refractivity contribution in [2.45, 2.75) is 152 Å². The van der Waals surface area contributed by atoms with E-state index in [0.29, 0.717) is 76.3 Å². The van der Waals surface area contributed by atoms with E-state index < -0.39 is 33.8 Å². The number of nitriles is 1. The Morgan fingerprint density at radius 1 is 0.587 bits per heavy atom. The number of carbonyl (C=O) groups excluding carboxylic acids is 6. The third-order valence-corrected chi connectivity index (χ3v) is 19.4. The molecule has 0 unspecified atom stereocenters. The average molecular weight is 1730 g/mol. The molecule has 0 fully saturated rings. The van der Waals surface area contributed by atoms with E-state index in [1.165, 1.54) is 35.4 Å². The van der Waals surface area contributed by atoms with E-state index in [2.05, 4.69) is 99.6 Å². The van der Waals surface area contributed by atoms with Crippen LogP contribution in [0, 0.1) is 11.3 Å². The van der Waals surface area contributed by atoms with Crippen LogP contribution in [0.25, 0.3) is 55.3 Å². The molecule has 0 radical (unpaired) electrons. The van der Waals surface area contributed by atoms with Gasteiger partial charge in [0, 0.05) is 118 Å². The van der Waals surface area contributed by atoms with Crippen molar-refractivity contribution in [3.05, 3.63) is 195 Å². The highest BCUT2D eigenvalue weighted by molar-refractivity contribution is 9.09. The van der Waals surface area contributed by atoms with Crippen LogP contribution in [0.3, 0.4) is 0 Å². The molecule has 10 heterocycles. The van der Waals surface area contributed by atoms with E-state index in [1.54, 1.807) is 70.8 Å². The molecular weight excluding hydrogens is 1650 g/mol. The first-order chi connectivity index (χ1) is 50.0. The van der Waals surface area contributed by atoms with E-state index in [4.69, 9.17) is 125 Å². The summed E-state index contributed by atoms with van der Waals surface area (Å²) in [6.45, 7) is 28.4. The van der Waals surface area contributed by atoms with Crippen molar-refractivity contribution in [1.29, 1.82) is 5.26 Å². The standard InChI is InChI=1S/C24H22Cl3N3O3.C17H20ClN3O2.C11H14ClN3.C11H10ClN3.C7H3Cl3O.C6H9BrO3.2CH4/c1-12(2)33-23(32)16-10-30(22(31)13-5-6-17(26)18(27)7-13)11-24(3,4)19-15-8-14(25)9-28-21(15)29-20(16)19;1-9(2)23-16(22)12-7-19-8-17(3,4)13-11-5-10(18)6-20-15(11)21-14(12)13;2*1-11(2,6-13)9-5-15-10-8(9)3-7(12)4-14-10;8-5-2-1-4(7(10)11)3-6(5)9;1-4(2)10-6(9)5(8)3-7;;/h5-10,12H,11H2,1-4H3,(H,28,29);5-7,9,19H,8H2,1-4H3,(H,20,21);3-5H,6,13H2,1-2H3,(H,14,15);3-5H,1-2H3,(H,14,15);1-3H;4H,3H2,1-2H3;2*1H4. The molecule has 7 N–H and O–H groups in total. The molecule has 0 bridgehead atoms. The number of aromatic nitrogens is 8. The van der Waals surface area contributed by atoms with E-state index in [-0.39, 0.29) is 78.3 Å². The van der Waals surface area contributed by atoms with Crippen LogP contribution in [-0.4, -0.2) is 123 Å². The van der Waals surface area contributed by atoms with Gasteiger partial charge in [-0.05, 0) is 150 Å². The van der Waals surface area contributed by atoms with Crippen LogP contribution in [-0.2, 0) is 55.0 Å². The minimum atomic E-state index is -0.771. The molecule has 0 aliphatic carbocycles. The second-order valence-corrected chi connectivity index (χ2v) is 32.1. The number of carbonyl (C=O) groups is 6. The van der Waals surface area contributed by atoms with Crippen molar-refractivity contribution < 1.29 is 43.0 Å². The van der Waals surface area contributed by atoms with Gasteiger partial charge in [0.1, 0.15) is 22.6 Å². The number of benzene rings is 2. The Hall–Kier alpha value is -7.76. The zero-order chi connectivity index (χ0) is 79.5. The number of fused-ring (bicyclic) bond motifs is 8. The van der Waals surface area contributed by atoms with Gasteiger partial charge < -0.3 is 50.1 Å². The monoisotopic (exact) mass is 1730 g/mol. The van der Waals surface area contributed by atoms with Gasteiger partial charge in [-0.25, -0.2) is 34.3 Å². The molecule has 0 atom stereocenters. The fraction of sp³-hybridized carbons (Fsp3) is 0.346. The van der Waals surface area contributed by atoms with Crippen LogP contribution in [0.1, 0.15) is 166 Å². The molecule has 2 aliphatic rings. The van der Waals surface area contributed by atoms with Crippen molar-refractivity contribution >= 4 is 210 Å². The number of nitrogens with one attached hydrogen (secondary N) is 5. The predicted octanol–water partition coefficient (Wildman–Crippen LogP) is 20.7. The van der Waals surface area contributed by atoms with Gasteiger partial charge in [-0.1, -0.05) is 165 Å². The van der Waals surface area contributed by atoms with E-state index >= 15 is 0 Å². The van der Waals surface area contributed by atoms with Crippen molar-refractivity contribution in [3.63, 3.8) is 0 Å². The number of esters is 3. The molecule has 582 valence electrons. The second-order valence-electron chi connectivity index (χ2n) is 27.8. The van der Waals surface area contributed by atoms with E-state index in [0.717, 1.165) is 66.4 Å². The SMILES string of the molecule is C.C.CC(C)(C#N)c1c[nH]c2ncc(Cl)cc12.CC(C)(CN)c1c[nH]c2ncc(Cl)cc12.CC(C)OC(=O)C(=O)CBr.CC(C)OC(=O)C1=CN(C(=O)c2ccc(Cl)c(Cl)c2)CC(C)(C)c2c1[nH]c1ncc(Cl)cc21.CC(C)OC(=O)C1=CNCC(C)(C)c2c1[nH]c1ncc(Cl)cc21.O=C(Cl)c1ccc(Cl)c(Cl)c1. The summed E-state index contributed by atoms with van der Waals surface area (Å²) in [5.41, 5.74) is 14.0. The minimum Gasteiger partial charge on any atom is -0.459 e. The Kier molecular flexibility index (Phi) is 32.8. The third kappa shape index (κ3) is 23.2. The predicted molar refractivity (Wildman–Crippen MR) is 445 cm³/mol. The number of ether oxygens (including phenoxy) is 3. The zero-order valence-corrected chi connectivity index (χ0v) is 69.1. The summed E-state index contributed by atoms with van der Waals surface area (Å²) in [4.78, 5) is 102. The van der Waals surface area contributed by atoms with Crippen LogP contribution in [0.4, 0.5) is 0 Å². The smallest absolute Gasteiger partial charge is 0.375 e. The highest BCUT2D eigenvalue weighted by atomic mass is 79.9. The van der Waals surface area contributed by atoms with Crippen molar-refractivity contribution in [1.82, 2.24) is 50.1 Å². The normalized spacial score (nSPS) is 13.3. The van der Waals surface area contributed by atoms with Crippen molar-refractivity contribution in [3.8, 4) is 6.07 Å². The van der Waals surface area contributed by atoms with Crippen molar-refractivity contribution in [2.75, 3.05) is 25.0 Å². The minimum absolute atomic E-state index is 0. The number of aromatic amines is 4. The maximum absolute atomic E-state index is 13.5.